The third-order valence-electron chi connectivity index (χ3n) is 2.13. The summed E-state index contributed by atoms with van der Waals surface area (Å²) < 4.78 is 4.80. The molecule has 0 aliphatic carbocycles. The minimum Gasteiger partial charge on any atom is -0.409 e. The summed E-state index contributed by atoms with van der Waals surface area (Å²) in [6.07, 6.45) is 1.99. The van der Waals surface area contributed by atoms with E-state index in [1.54, 1.807) is 13.0 Å². The molecule has 1 aromatic rings. The second-order valence-corrected chi connectivity index (χ2v) is 3.64. The van der Waals surface area contributed by atoms with E-state index in [0.29, 0.717) is 18.7 Å². The first-order valence-corrected chi connectivity index (χ1v) is 5.31. The Hall–Kier alpha value is -2.05. The Kier molecular flexibility index (Phi) is 4.99. The molecule has 1 amide bonds. The van der Waals surface area contributed by atoms with Crippen molar-refractivity contribution in [3.63, 3.8) is 0 Å². The smallest absolute Gasteiger partial charge is 0.289 e. The Morgan fingerprint density at radius 1 is 1.65 bits per heavy atom. The lowest BCUT2D eigenvalue weighted by Gasteiger charge is -2.02. The van der Waals surface area contributed by atoms with E-state index in [0.717, 1.165) is 12.8 Å². The molecule has 0 aromatic carbocycles. The molecule has 0 unspecified atom stereocenters. The van der Waals surface area contributed by atoms with Crippen LogP contribution in [-0.2, 0) is 0 Å². The minimum absolute atomic E-state index is 0.196. The molecule has 0 spiro atoms. The van der Waals surface area contributed by atoms with E-state index in [2.05, 4.69) is 15.6 Å². The van der Waals surface area contributed by atoms with Gasteiger partial charge < -0.3 is 20.8 Å². The zero-order valence-corrected chi connectivity index (χ0v) is 9.64. The van der Waals surface area contributed by atoms with Crippen molar-refractivity contribution in [3.8, 4) is 0 Å². The van der Waals surface area contributed by atoms with Gasteiger partial charge in [-0.25, -0.2) is 0 Å². The Balaban J connectivity index is 2.17. The van der Waals surface area contributed by atoms with E-state index in [1.807, 2.05) is 0 Å². The molecule has 0 radical (unpaired) electrons. The first-order valence-electron chi connectivity index (χ1n) is 5.31. The van der Waals surface area contributed by atoms with Crippen LogP contribution in [0.3, 0.4) is 0 Å². The molecule has 1 aromatic heterocycles. The normalized spacial score (nSPS) is 11.5. The van der Waals surface area contributed by atoms with E-state index in [4.69, 9.17) is 15.5 Å². The quantitative estimate of drug-likeness (QED) is 0.222. The number of carbonyl (C=O) groups is 1. The standard InChI is InChI=1S/C10H16N4O3/c1-7-6-8(17-14-7)10(15)12-5-3-2-4-9(11)13-16/h6,16H,2-5H2,1H3,(H2,11,13)(H,12,15). The van der Waals surface area contributed by atoms with Crippen LogP contribution in [-0.4, -0.2) is 28.7 Å². The predicted molar refractivity (Wildman–Crippen MR) is 60.8 cm³/mol. The van der Waals surface area contributed by atoms with Gasteiger partial charge in [-0.1, -0.05) is 10.3 Å². The monoisotopic (exact) mass is 240 g/mol. The molecule has 0 aliphatic rings. The van der Waals surface area contributed by atoms with Gasteiger partial charge in [-0.2, -0.15) is 0 Å². The Labute approximate surface area is 98.6 Å². The Morgan fingerprint density at radius 3 is 3.00 bits per heavy atom. The van der Waals surface area contributed by atoms with E-state index in [-0.39, 0.29) is 17.5 Å². The largest absolute Gasteiger partial charge is 0.409 e. The van der Waals surface area contributed by atoms with E-state index < -0.39 is 0 Å². The summed E-state index contributed by atoms with van der Waals surface area (Å²) >= 11 is 0. The van der Waals surface area contributed by atoms with Crippen LogP contribution in [0.25, 0.3) is 0 Å². The highest BCUT2D eigenvalue weighted by Crippen LogP contribution is 2.01. The minimum atomic E-state index is -0.283. The van der Waals surface area contributed by atoms with Crippen LogP contribution in [0.4, 0.5) is 0 Å². The van der Waals surface area contributed by atoms with Gasteiger partial charge in [0.15, 0.2) is 0 Å². The number of nitrogens with one attached hydrogen (secondary N) is 1. The zero-order chi connectivity index (χ0) is 12.7. The summed E-state index contributed by atoms with van der Waals surface area (Å²) in [6.45, 7) is 2.26. The third kappa shape index (κ3) is 4.54. The van der Waals surface area contributed by atoms with Crippen LogP contribution < -0.4 is 11.1 Å². The van der Waals surface area contributed by atoms with Crippen molar-refractivity contribution in [1.29, 1.82) is 0 Å². The molecular weight excluding hydrogens is 224 g/mol. The Morgan fingerprint density at radius 2 is 2.41 bits per heavy atom. The summed E-state index contributed by atoms with van der Waals surface area (Å²) in [7, 11) is 0. The number of aryl methyl sites for hydroxylation is 1. The topological polar surface area (TPSA) is 114 Å². The number of rotatable bonds is 6. The second-order valence-electron chi connectivity index (χ2n) is 3.64. The van der Waals surface area contributed by atoms with Crippen LogP contribution in [0.5, 0.6) is 0 Å². The zero-order valence-electron chi connectivity index (χ0n) is 9.64. The molecular formula is C10H16N4O3. The number of hydrogen-bond acceptors (Lipinski definition) is 5. The van der Waals surface area contributed by atoms with Gasteiger partial charge in [0.2, 0.25) is 5.76 Å². The maximum Gasteiger partial charge on any atom is 0.289 e. The fourth-order valence-corrected chi connectivity index (χ4v) is 1.24. The van der Waals surface area contributed by atoms with E-state index >= 15 is 0 Å². The van der Waals surface area contributed by atoms with Crippen LogP contribution >= 0.6 is 0 Å². The number of nitrogens with zero attached hydrogens (tertiary/aromatic N) is 2. The van der Waals surface area contributed by atoms with Crippen molar-refractivity contribution in [2.75, 3.05) is 6.54 Å². The molecule has 1 rings (SSSR count). The van der Waals surface area contributed by atoms with Crippen molar-refractivity contribution in [2.24, 2.45) is 10.9 Å². The van der Waals surface area contributed by atoms with Gasteiger partial charge in [-0.3, -0.25) is 4.79 Å². The summed E-state index contributed by atoms with van der Waals surface area (Å²) in [5.74, 6) is 0.121. The van der Waals surface area contributed by atoms with Gasteiger partial charge in [0.05, 0.1) is 5.69 Å². The van der Waals surface area contributed by atoms with Crippen LogP contribution in [0.1, 0.15) is 35.5 Å². The SMILES string of the molecule is Cc1cc(C(=O)NCCCCC(N)=NO)on1. The first kappa shape index (κ1) is 13.0. The molecule has 0 saturated heterocycles. The molecule has 94 valence electrons. The molecule has 0 atom stereocenters. The van der Waals surface area contributed by atoms with Gasteiger partial charge in [0.25, 0.3) is 5.91 Å². The van der Waals surface area contributed by atoms with Crippen LogP contribution in [0, 0.1) is 6.92 Å². The van der Waals surface area contributed by atoms with Gasteiger partial charge in [-0.05, 0) is 19.8 Å². The number of amides is 1. The van der Waals surface area contributed by atoms with Gasteiger partial charge in [0.1, 0.15) is 5.84 Å². The number of aromatic nitrogens is 1. The lowest BCUT2D eigenvalue weighted by molar-refractivity contribution is 0.0916. The second kappa shape index (κ2) is 6.51. The molecule has 0 saturated carbocycles. The average Bonchev–Trinajstić information content (AvgIpc) is 2.75. The molecule has 0 aliphatic heterocycles. The molecule has 17 heavy (non-hydrogen) atoms. The number of hydrogen-bond donors (Lipinski definition) is 3. The number of carbonyl (C=O) groups excluding carboxylic acids is 1. The maximum atomic E-state index is 11.5. The van der Waals surface area contributed by atoms with Crippen molar-refractivity contribution >= 4 is 11.7 Å². The average molecular weight is 240 g/mol. The van der Waals surface area contributed by atoms with Crippen molar-refractivity contribution in [1.82, 2.24) is 10.5 Å². The molecule has 1 heterocycles. The van der Waals surface area contributed by atoms with Gasteiger partial charge in [-0.15, -0.1) is 0 Å². The number of unbranched alkanes of at least 4 members (excludes halogenated alkanes) is 1. The maximum absolute atomic E-state index is 11.5. The summed E-state index contributed by atoms with van der Waals surface area (Å²) in [6, 6.07) is 1.58. The summed E-state index contributed by atoms with van der Waals surface area (Å²) in [5.41, 5.74) is 5.97. The predicted octanol–water partition coefficient (Wildman–Crippen LogP) is 0.630. The summed E-state index contributed by atoms with van der Waals surface area (Å²) in [5, 5.41) is 17.5. The number of nitrogens with two attached hydrogens (primary N) is 1. The fourth-order valence-electron chi connectivity index (χ4n) is 1.24. The van der Waals surface area contributed by atoms with E-state index in [9.17, 15) is 4.79 Å². The molecule has 0 fully saturated rings. The van der Waals surface area contributed by atoms with Crippen molar-refractivity contribution < 1.29 is 14.5 Å². The summed E-state index contributed by atoms with van der Waals surface area (Å²) in [4.78, 5) is 11.5. The highest BCUT2D eigenvalue weighted by Gasteiger charge is 2.10. The first-order chi connectivity index (χ1) is 8.13. The molecule has 7 heteroatoms. The van der Waals surface area contributed by atoms with Crippen molar-refractivity contribution in [3.05, 3.63) is 17.5 Å². The van der Waals surface area contributed by atoms with Crippen LogP contribution in [0.15, 0.2) is 15.7 Å². The molecule has 7 nitrogen and oxygen atoms in total. The lowest BCUT2D eigenvalue weighted by atomic mass is 10.2. The number of amidine groups is 1. The molecule has 4 N–H and O–H groups in total. The molecule has 0 bridgehead atoms. The lowest BCUT2D eigenvalue weighted by Crippen LogP contribution is -2.24. The van der Waals surface area contributed by atoms with Crippen LogP contribution in [0.2, 0.25) is 0 Å². The van der Waals surface area contributed by atoms with Gasteiger partial charge >= 0.3 is 0 Å². The highest BCUT2D eigenvalue weighted by molar-refractivity contribution is 5.91. The van der Waals surface area contributed by atoms with Gasteiger partial charge in [0, 0.05) is 19.0 Å². The highest BCUT2D eigenvalue weighted by atomic mass is 16.5. The van der Waals surface area contributed by atoms with Crippen molar-refractivity contribution in [2.45, 2.75) is 26.2 Å². The van der Waals surface area contributed by atoms with E-state index in [1.165, 1.54) is 0 Å². The third-order valence-corrected chi connectivity index (χ3v) is 2.13. The Bertz CT molecular complexity index is 400. The fraction of sp³-hybridized carbons (Fsp3) is 0.500. The number of oxime groups is 1.